The number of carbonyl (C=O) groups excluding carboxylic acids is 1. The highest BCUT2D eigenvalue weighted by atomic mass is 35.5. The zero-order chi connectivity index (χ0) is 17.6. The van der Waals surface area contributed by atoms with Crippen LogP contribution in [0.5, 0.6) is 5.75 Å². The summed E-state index contributed by atoms with van der Waals surface area (Å²) >= 11 is 0. The molecule has 0 aromatic heterocycles. The van der Waals surface area contributed by atoms with Crippen molar-refractivity contribution in [1.29, 1.82) is 0 Å². The van der Waals surface area contributed by atoms with Crippen LogP contribution >= 0.6 is 12.4 Å². The number of hydrogen-bond acceptors (Lipinski definition) is 3. The fourth-order valence-corrected chi connectivity index (χ4v) is 3.34. The van der Waals surface area contributed by atoms with Gasteiger partial charge in [-0.05, 0) is 42.3 Å². The number of rotatable bonds is 6. The molecule has 6 heteroatoms. The van der Waals surface area contributed by atoms with E-state index in [0.717, 1.165) is 0 Å². The fraction of sp³-hybridized carbons (Fsp3) is 0.350. The quantitative estimate of drug-likeness (QED) is 0.839. The number of benzene rings is 2. The maximum atomic E-state index is 12.9. The third-order valence-electron chi connectivity index (χ3n) is 4.72. The number of likely N-dealkylation sites (tertiary alicyclic amines) is 1. The minimum absolute atomic E-state index is 0. The predicted molar refractivity (Wildman–Crippen MR) is 102 cm³/mol. The Kier molecular flexibility index (Phi) is 7.42. The van der Waals surface area contributed by atoms with E-state index in [9.17, 15) is 9.18 Å². The van der Waals surface area contributed by atoms with Crippen molar-refractivity contribution in [3.63, 3.8) is 0 Å². The Morgan fingerprint density at radius 1 is 1.12 bits per heavy atom. The third kappa shape index (κ3) is 4.96. The highest BCUT2D eigenvalue weighted by Gasteiger charge is 2.34. The molecule has 2 atom stereocenters. The molecule has 0 aliphatic carbocycles. The lowest BCUT2D eigenvalue weighted by atomic mass is 9.89. The number of hydrogen-bond donors (Lipinski definition) is 1. The number of carbonyl (C=O) groups is 1. The first-order chi connectivity index (χ1) is 12.2. The molecule has 1 amide bonds. The van der Waals surface area contributed by atoms with Crippen LogP contribution in [0.3, 0.4) is 0 Å². The van der Waals surface area contributed by atoms with E-state index < -0.39 is 0 Å². The second-order valence-corrected chi connectivity index (χ2v) is 6.36. The summed E-state index contributed by atoms with van der Waals surface area (Å²) in [7, 11) is 0. The molecule has 2 aromatic carbocycles. The molecule has 1 aliphatic heterocycles. The van der Waals surface area contributed by atoms with Crippen LogP contribution in [0.15, 0.2) is 54.6 Å². The van der Waals surface area contributed by atoms with Gasteiger partial charge in [0.25, 0.3) is 0 Å². The van der Waals surface area contributed by atoms with E-state index in [1.807, 2.05) is 23.1 Å². The average Bonchev–Trinajstić information content (AvgIpc) is 3.08. The lowest BCUT2D eigenvalue weighted by molar-refractivity contribution is -0.130. The molecule has 1 heterocycles. The van der Waals surface area contributed by atoms with Gasteiger partial charge in [0.05, 0.1) is 13.0 Å². The summed E-state index contributed by atoms with van der Waals surface area (Å²) < 4.78 is 18.4. The van der Waals surface area contributed by atoms with E-state index in [2.05, 4.69) is 12.1 Å². The molecule has 1 aliphatic rings. The van der Waals surface area contributed by atoms with Gasteiger partial charge >= 0.3 is 0 Å². The molecule has 0 radical (unpaired) electrons. The van der Waals surface area contributed by atoms with Crippen LogP contribution < -0.4 is 10.5 Å². The van der Waals surface area contributed by atoms with Crippen molar-refractivity contribution in [3.05, 3.63) is 66.0 Å². The van der Waals surface area contributed by atoms with E-state index in [-0.39, 0.29) is 42.6 Å². The van der Waals surface area contributed by atoms with Crippen LogP contribution in [0.2, 0.25) is 0 Å². The smallest absolute Gasteiger partial charge is 0.226 e. The van der Waals surface area contributed by atoms with E-state index in [1.165, 1.54) is 17.7 Å². The molecule has 1 saturated heterocycles. The van der Waals surface area contributed by atoms with Crippen LogP contribution in [0.1, 0.15) is 17.9 Å². The maximum Gasteiger partial charge on any atom is 0.226 e. The largest absolute Gasteiger partial charge is 0.493 e. The van der Waals surface area contributed by atoms with Crippen molar-refractivity contribution in [3.8, 4) is 5.75 Å². The van der Waals surface area contributed by atoms with Crippen molar-refractivity contribution in [1.82, 2.24) is 4.90 Å². The fourth-order valence-electron chi connectivity index (χ4n) is 3.34. The molecular weight excluding hydrogens is 355 g/mol. The monoisotopic (exact) mass is 378 g/mol. The minimum atomic E-state index is -0.305. The number of nitrogens with two attached hydrogens (primary N) is 1. The summed E-state index contributed by atoms with van der Waals surface area (Å²) in [6.07, 6.45) is 0.302. The van der Waals surface area contributed by atoms with Gasteiger partial charge in [0, 0.05) is 19.0 Å². The molecule has 140 valence electrons. The van der Waals surface area contributed by atoms with Crippen LogP contribution in [0.25, 0.3) is 0 Å². The maximum absolute atomic E-state index is 12.9. The van der Waals surface area contributed by atoms with E-state index in [0.29, 0.717) is 31.8 Å². The number of amides is 1. The molecule has 0 spiro atoms. The zero-order valence-corrected chi connectivity index (χ0v) is 15.3. The van der Waals surface area contributed by atoms with Crippen LogP contribution in [0.4, 0.5) is 4.39 Å². The molecule has 0 bridgehead atoms. The Labute approximate surface area is 159 Å². The summed E-state index contributed by atoms with van der Waals surface area (Å²) in [4.78, 5) is 14.4. The van der Waals surface area contributed by atoms with Gasteiger partial charge in [-0.3, -0.25) is 4.79 Å². The standard InChI is InChI=1S/C20H23FN2O2.ClH/c21-17-6-8-18(9-7-17)25-11-10-20(24)23-13-16(12-22)19(14-23)15-4-2-1-3-5-15;/h1-9,16,19H,10-14,22H2;1H/t16-,19+;/m1./s1. The van der Waals surface area contributed by atoms with Gasteiger partial charge in [-0.2, -0.15) is 0 Å². The Morgan fingerprint density at radius 2 is 1.81 bits per heavy atom. The highest BCUT2D eigenvalue weighted by Crippen LogP contribution is 2.32. The Bertz CT molecular complexity index is 697. The van der Waals surface area contributed by atoms with E-state index in [4.69, 9.17) is 10.5 Å². The van der Waals surface area contributed by atoms with E-state index >= 15 is 0 Å². The summed E-state index contributed by atoms with van der Waals surface area (Å²) in [6, 6.07) is 16.0. The van der Waals surface area contributed by atoms with Gasteiger partial charge < -0.3 is 15.4 Å². The zero-order valence-electron chi connectivity index (χ0n) is 14.5. The van der Waals surface area contributed by atoms with Crippen molar-refractivity contribution >= 4 is 18.3 Å². The number of halogens is 2. The normalized spacial score (nSPS) is 19.1. The minimum Gasteiger partial charge on any atom is -0.493 e. The molecule has 0 saturated carbocycles. The van der Waals surface area contributed by atoms with Crippen LogP contribution in [-0.2, 0) is 4.79 Å². The molecule has 26 heavy (non-hydrogen) atoms. The summed E-state index contributed by atoms with van der Waals surface area (Å²) in [6.45, 7) is 2.23. The van der Waals surface area contributed by atoms with Crippen molar-refractivity contribution < 1.29 is 13.9 Å². The van der Waals surface area contributed by atoms with Crippen LogP contribution in [0, 0.1) is 11.7 Å². The van der Waals surface area contributed by atoms with Crippen molar-refractivity contribution in [2.75, 3.05) is 26.2 Å². The van der Waals surface area contributed by atoms with Gasteiger partial charge in [0.15, 0.2) is 0 Å². The molecule has 3 rings (SSSR count). The van der Waals surface area contributed by atoms with Crippen molar-refractivity contribution in [2.45, 2.75) is 12.3 Å². The van der Waals surface area contributed by atoms with Crippen LogP contribution in [-0.4, -0.2) is 37.0 Å². The Morgan fingerprint density at radius 3 is 2.46 bits per heavy atom. The second kappa shape index (κ2) is 9.55. The first-order valence-corrected chi connectivity index (χ1v) is 8.58. The first-order valence-electron chi connectivity index (χ1n) is 8.58. The summed E-state index contributed by atoms with van der Waals surface area (Å²) in [5.74, 6) is 0.898. The summed E-state index contributed by atoms with van der Waals surface area (Å²) in [5.41, 5.74) is 7.15. The summed E-state index contributed by atoms with van der Waals surface area (Å²) in [5, 5.41) is 0. The van der Waals surface area contributed by atoms with Gasteiger partial charge in [0.1, 0.15) is 11.6 Å². The Balaban J connectivity index is 0.00000243. The lowest BCUT2D eigenvalue weighted by Gasteiger charge is -2.17. The van der Waals surface area contributed by atoms with Gasteiger partial charge in [0.2, 0.25) is 5.91 Å². The molecule has 1 fully saturated rings. The third-order valence-corrected chi connectivity index (χ3v) is 4.72. The average molecular weight is 379 g/mol. The number of nitrogens with zero attached hydrogens (tertiary/aromatic N) is 1. The highest BCUT2D eigenvalue weighted by molar-refractivity contribution is 5.85. The predicted octanol–water partition coefficient (Wildman–Crippen LogP) is 3.22. The molecule has 4 nitrogen and oxygen atoms in total. The van der Waals surface area contributed by atoms with E-state index in [1.54, 1.807) is 12.1 Å². The SMILES string of the molecule is Cl.NC[C@@H]1CN(C(=O)CCOc2ccc(F)cc2)C[C@H]1c1ccccc1. The topological polar surface area (TPSA) is 55.6 Å². The van der Waals surface area contributed by atoms with Gasteiger partial charge in [-0.15, -0.1) is 12.4 Å². The van der Waals surface area contributed by atoms with Gasteiger partial charge in [-0.1, -0.05) is 30.3 Å². The Hall–Kier alpha value is -2.11. The van der Waals surface area contributed by atoms with Crippen molar-refractivity contribution in [2.24, 2.45) is 11.7 Å². The number of ether oxygens (including phenoxy) is 1. The first kappa shape index (κ1) is 20.2. The molecule has 2 N–H and O–H groups in total. The lowest BCUT2D eigenvalue weighted by Crippen LogP contribution is -2.30. The molecule has 0 unspecified atom stereocenters. The molecular formula is C20H24ClFN2O2. The molecule has 2 aromatic rings. The second-order valence-electron chi connectivity index (χ2n) is 6.36. The van der Waals surface area contributed by atoms with Gasteiger partial charge in [-0.25, -0.2) is 4.39 Å².